The molecule has 3 heterocycles. The van der Waals surface area contributed by atoms with Crippen molar-refractivity contribution in [3.8, 4) is 11.1 Å². The zero-order valence-corrected chi connectivity index (χ0v) is 19.4. The lowest BCUT2D eigenvalue weighted by molar-refractivity contribution is 0.0398. The number of morpholine rings is 1. The van der Waals surface area contributed by atoms with Gasteiger partial charge >= 0.3 is 0 Å². The van der Waals surface area contributed by atoms with Gasteiger partial charge in [0, 0.05) is 44.5 Å². The van der Waals surface area contributed by atoms with E-state index in [1.54, 1.807) is 22.9 Å². The minimum absolute atomic E-state index is 0.133. The van der Waals surface area contributed by atoms with E-state index < -0.39 is 0 Å². The molecule has 7 nitrogen and oxygen atoms in total. The van der Waals surface area contributed by atoms with Crippen LogP contribution in [0.5, 0.6) is 0 Å². The first-order chi connectivity index (χ1) is 16.0. The summed E-state index contributed by atoms with van der Waals surface area (Å²) < 4.78 is 20.5. The summed E-state index contributed by atoms with van der Waals surface area (Å²) in [5.74, 6) is 0.614. The van der Waals surface area contributed by atoms with Crippen LogP contribution >= 0.6 is 0 Å². The molecule has 0 bridgehead atoms. The number of rotatable bonds is 9. The fourth-order valence-corrected chi connectivity index (χ4v) is 4.07. The van der Waals surface area contributed by atoms with Crippen molar-refractivity contribution in [2.75, 3.05) is 44.7 Å². The standard InChI is InChI=1S/C25H32FN5O2/c1-18(2)4-3-10-31-22-16-20(19-5-7-21(26)8-6-19)17-28-23(22)29-24(25(31)32)27-9-11-30-12-14-33-15-13-30/h5-8,16-18H,3-4,9-15H2,1-2H3,(H,27,28,29). The lowest BCUT2D eigenvalue weighted by atomic mass is 10.1. The second kappa shape index (κ2) is 10.9. The zero-order chi connectivity index (χ0) is 23.2. The predicted octanol–water partition coefficient (Wildman–Crippen LogP) is 3.78. The van der Waals surface area contributed by atoms with E-state index in [9.17, 15) is 9.18 Å². The molecule has 1 N–H and O–H groups in total. The van der Waals surface area contributed by atoms with E-state index in [4.69, 9.17) is 4.74 Å². The molecule has 8 heteroatoms. The summed E-state index contributed by atoms with van der Waals surface area (Å²) in [6, 6.07) is 8.21. The van der Waals surface area contributed by atoms with E-state index in [2.05, 4.69) is 34.0 Å². The maximum Gasteiger partial charge on any atom is 0.293 e. The van der Waals surface area contributed by atoms with Crippen LogP contribution in [-0.2, 0) is 11.3 Å². The summed E-state index contributed by atoms with van der Waals surface area (Å²) >= 11 is 0. The molecule has 176 valence electrons. The molecule has 1 aliphatic heterocycles. The van der Waals surface area contributed by atoms with Gasteiger partial charge in [0.25, 0.3) is 5.56 Å². The fraction of sp³-hybridized carbons (Fsp3) is 0.480. The van der Waals surface area contributed by atoms with E-state index in [-0.39, 0.29) is 11.4 Å². The van der Waals surface area contributed by atoms with Crippen LogP contribution < -0.4 is 10.9 Å². The van der Waals surface area contributed by atoms with Crippen molar-refractivity contribution in [2.24, 2.45) is 5.92 Å². The number of aryl methyl sites for hydroxylation is 1. The number of pyridine rings is 1. The Balaban J connectivity index is 1.63. The molecule has 0 unspecified atom stereocenters. The van der Waals surface area contributed by atoms with Gasteiger partial charge in [-0.05, 0) is 42.5 Å². The van der Waals surface area contributed by atoms with Crippen molar-refractivity contribution in [1.29, 1.82) is 0 Å². The Kier molecular flexibility index (Phi) is 7.67. The Labute approximate surface area is 193 Å². The molecule has 1 aliphatic rings. The maximum absolute atomic E-state index is 13.4. The number of ether oxygens (including phenoxy) is 1. The van der Waals surface area contributed by atoms with Gasteiger partial charge in [0.15, 0.2) is 11.5 Å². The first kappa shape index (κ1) is 23.3. The SMILES string of the molecule is CC(C)CCCn1c(=O)c(NCCN2CCOCC2)nc2ncc(-c3ccc(F)cc3)cc21. The number of halogens is 1. The highest BCUT2D eigenvalue weighted by atomic mass is 19.1. The van der Waals surface area contributed by atoms with Gasteiger partial charge in [0.1, 0.15) is 5.82 Å². The third kappa shape index (κ3) is 5.94. The van der Waals surface area contributed by atoms with Crippen molar-refractivity contribution in [2.45, 2.75) is 33.2 Å². The molecular weight excluding hydrogens is 421 g/mol. The fourth-order valence-electron chi connectivity index (χ4n) is 4.07. The lowest BCUT2D eigenvalue weighted by Crippen LogP contribution is -2.39. The van der Waals surface area contributed by atoms with Crippen molar-refractivity contribution < 1.29 is 9.13 Å². The first-order valence-corrected chi connectivity index (χ1v) is 11.7. The summed E-state index contributed by atoms with van der Waals surface area (Å²) in [6.07, 6.45) is 3.65. The van der Waals surface area contributed by atoms with Crippen molar-refractivity contribution in [3.05, 3.63) is 52.7 Å². The predicted molar refractivity (Wildman–Crippen MR) is 129 cm³/mol. The summed E-state index contributed by atoms with van der Waals surface area (Å²) in [5.41, 5.74) is 2.77. The number of anilines is 1. The minimum Gasteiger partial charge on any atom is -0.379 e. The van der Waals surface area contributed by atoms with E-state index in [1.165, 1.54) is 12.1 Å². The van der Waals surface area contributed by atoms with E-state index >= 15 is 0 Å². The zero-order valence-electron chi connectivity index (χ0n) is 19.4. The van der Waals surface area contributed by atoms with Crippen molar-refractivity contribution >= 4 is 17.0 Å². The number of aromatic nitrogens is 3. The highest BCUT2D eigenvalue weighted by Crippen LogP contribution is 2.23. The molecule has 1 fully saturated rings. The second-order valence-electron chi connectivity index (χ2n) is 8.91. The van der Waals surface area contributed by atoms with Gasteiger partial charge in [0.2, 0.25) is 0 Å². The normalized spacial score (nSPS) is 14.8. The van der Waals surface area contributed by atoms with Crippen molar-refractivity contribution in [3.63, 3.8) is 0 Å². The number of benzene rings is 1. The van der Waals surface area contributed by atoms with Gasteiger partial charge in [-0.2, -0.15) is 0 Å². The van der Waals surface area contributed by atoms with Crippen LogP contribution in [0.1, 0.15) is 26.7 Å². The minimum atomic E-state index is -0.285. The molecule has 1 aromatic carbocycles. The molecule has 3 aromatic rings. The largest absolute Gasteiger partial charge is 0.379 e. The van der Waals surface area contributed by atoms with Gasteiger partial charge in [-0.1, -0.05) is 26.0 Å². The average Bonchev–Trinajstić information content (AvgIpc) is 2.82. The monoisotopic (exact) mass is 453 g/mol. The van der Waals surface area contributed by atoms with Crippen LogP contribution in [-0.4, -0.2) is 58.8 Å². The Hall–Kier alpha value is -2.84. The smallest absolute Gasteiger partial charge is 0.293 e. The highest BCUT2D eigenvalue weighted by molar-refractivity contribution is 5.79. The second-order valence-corrected chi connectivity index (χ2v) is 8.91. The van der Waals surface area contributed by atoms with Crippen molar-refractivity contribution in [1.82, 2.24) is 19.4 Å². The quantitative estimate of drug-likeness (QED) is 0.532. The van der Waals surface area contributed by atoms with Gasteiger partial charge in [-0.15, -0.1) is 0 Å². The Morgan fingerprint density at radius 3 is 2.61 bits per heavy atom. The maximum atomic E-state index is 13.4. The van der Waals surface area contributed by atoms with E-state index in [1.807, 2.05) is 6.07 Å². The van der Waals surface area contributed by atoms with Crippen LogP contribution in [0.3, 0.4) is 0 Å². The average molecular weight is 454 g/mol. The van der Waals surface area contributed by atoms with Crippen LogP contribution in [0.15, 0.2) is 41.3 Å². The molecule has 2 aromatic heterocycles. The molecule has 1 saturated heterocycles. The van der Waals surface area contributed by atoms with E-state index in [0.29, 0.717) is 36.0 Å². The van der Waals surface area contributed by atoms with E-state index in [0.717, 1.165) is 56.8 Å². The number of nitrogens with zero attached hydrogens (tertiary/aromatic N) is 4. The Morgan fingerprint density at radius 1 is 1.12 bits per heavy atom. The number of fused-ring (bicyclic) bond motifs is 1. The molecule has 4 rings (SSSR count). The summed E-state index contributed by atoms with van der Waals surface area (Å²) in [5, 5.41) is 3.24. The first-order valence-electron chi connectivity index (χ1n) is 11.7. The van der Waals surface area contributed by atoms with Crippen LogP contribution in [0.25, 0.3) is 22.3 Å². The molecule has 0 atom stereocenters. The third-order valence-electron chi connectivity index (χ3n) is 5.97. The molecule has 0 saturated carbocycles. The molecule has 0 aliphatic carbocycles. The molecular formula is C25H32FN5O2. The summed E-state index contributed by atoms with van der Waals surface area (Å²) in [4.78, 5) is 24.8. The molecule has 33 heavy (non-hydrogen) atoms. The Bertz CT molecular complexity index is 1120. The third-order valence-corrected chi connectivity index (χ3v) is 5.97. The molecule has 0 spiro atoms. The van der Waals surface area contributed by atoms with Gasteiger partial charge in [-0.25, -0.2) is 14.4 Å². The lowest BCUT2D eigenvalue weighted by Gasteiger charge is -2.26. The number of hydrogen-bond donors (Lipinski definition) is 1. The van der Waals surface area contributed by atoms with Gasteiger partial charge in [0.05, 0.1) is 18.7 Å². The highest BCUT2D eigenvalue weighted by Gasteiger charge is 2.15. The van der Waals surface area contributed by atoms with Gasteiger partial charge < -0.3 is 14.6 Å². The topological polar surface area (TPSA) is 72.3 Å². The number of hydrogen-bond acceptors (Lipinski definition) is 6. The molecule has 0 radical (unpaired) electrons. The Morgan fingerprint density at radius 2 is 1.88 bits per heavy atom. The summed E-state index contributed by atoms with van der Waals surface area (Å²) in [7, 11) is 0. The van der Waals surface area contributed by atoms with Crippen LogP contribution in [0.4, 0.5) is 10.2 Å². The van der Waals surface area contributed by atoms with Crippen LogP contribution in [0, 0.1) is 11.7 Å². The molecule has 0 amide bonds. The summed E-state index contributed by atoms with van der Waals surface area (Å²) in [6.45, 7) is 9.72. The van der Waals surface area contributed by atoms with Crippen LogP contribution in [0.2, 0.25) is 0 Å². The van der Waals surface area contributed by atoms with Gasteiger partial charge in [-0.3, -0.25) is 9.69 Å². The number of nitrogens with one attached hydrogen (secondary N) is 1.